The van der Waals surface area contributed by atoms with E-state index in [1.807, 2.05) is 43.5 Å². The van der Waals surface area contributed by atoms with Crippen molar-refractivity contribution in [3.05, 3.63) is 104 Å². The molecule has 5 rings (SSSR count). The summed E-state index contributed by atoms with van der Waals surface area (Å²) >= 11 is 1.32. The van der Waals surface area contributed by atoms with E-state index >= 15 is 0 Å². The number of carbonyl (C=O) groups excluding carboxylic acids is 1. The van der Waals surface area contributed by atoms with Crippen molar-refractivity contribution in [1.82, 2.24) is 9.88 Å². The first-order valence-electron chi connectivity index (χ1n) is 13.0. The third-order valence-electron chi connectivity index (χ3n) is 6.98. The molecule has 0 aliphatic carbocycles. The number of nitrogens with zero attached hydrogens (tertiary/aromatic N) is 3. The highest BCUT2D eigenvalue weighted by molar-refractivity contribution is 8.18. The molecule has 0 bridgehead atoms. The first kappa shape index (κ1) is 27.2. The lowest BCUT2D eigenvalue weighted by atomic mass is 9.96. The lowest BCUT2D eigenvalue weighted by Crippen LogP contribution is -2.31. The van der Waals surface area contributed by atoms with Crippen LogP contribution in [0.15, 0.2) is 76.8 Å². The monoisotopic (exact) mass is 554 g/mol. The minimum Gasteiger partial charge on any atom is -0.496 e. The summed E-state index contributed by atoms with van der Waals surface area (Å²) in [7, 11) is 1.67. The Labute approximate surface area is 236 Å². The Bertz CT molecular complexity index is 1650. The van der Waals surface area contributed by atoms with Crippen molar-refractivity contribution in [2.45, 2.75) is 33.1 Å². The number of thioether (sulfide) groups is 1. The number of nitrogens with one attached hydrogen (secondary N) is 1. The Morgan fingerprint density at radius 1 is 1.15 bits per heavy atom. The highest BCUT2D eigenvalue weighted by Gasteiger charge is 2.33. The van der Waals surface area contributed by atoms with E-state index in [9.17, 15) is 14.9 Å². The Kier molecular flexibility index (Phi) is 7.75. The number of rotatable bonds is 8. The number of non-ortho nitro benzene ring substituents is 1. The second-order valence-electron chi connectivity index (χ2n) is 9.95. The van der Waals surface area contributed by atoms with Crippen LogP contribution in [0.4, 0.5) is 11.4 Å². The number of aromatic nitrogens is 1. The third-order valence-corrected chi connectivity index (χ3v) is 7.99. The van der Waals surface area contributed by atoms with Crippen LogP contribution >= 0.6 is 11.8 Å². The van der Waals surface area contributed by atoms with Crippen LogP contribution in [-0.4, -0.2) is 39.5 Å². The number of para-hydroxylation sites is 1. The number of carbonyl (C=O) groups is 1. The zero-order chi connectivity index (χ0) is 28.4. The van der Waals surface area contributed by atoms with Crippen LogP contribution in [-0.2, 0) is 11.2 Å². The molecule has 1 aromatic heterocycles. The number of benzene rings is 3. The molecule has 8 nitrogen and oxygen atoms in total. The van der Waals surface area contributed by atoms with E-state index in [-0.39, 0.29) is 17.5 Å². The fourth-order valence-corrected chi connectivity index (χ4v) is 5.77. The number of aliphatic imine (C=N–C) groups is 1. The first-order valence-corrected chi connectivity index (χ1v) is 13.8. The topological polar surface area (TPSA) is 101 Å². The lowest BCUT2D eigenvalue weighted by Gasteiger charge is -2.16. The van der Waals surface area contributed by atoms with Gasteiger partial charge in [-0.1, -0.05) is 32.0 Å². The molecule has 3 aromatic carbocycles. The second kappa shape index (κ2) is 11.4. The van der Waals surface area contributed by atoms with Gasteiger partial charge >= 0.3 is 0 Å². The summed E-state index contributed by atoms with van der Waals surface area (Å²) in [6.45, 7) is 6.67. The van der Waals surface area contributed by atoms with Crippen molar-refractivity contribution < 1.29 is 14.5 Å². The van der Waals surface area contributed by atoms with Gasteiger partial charge in [0, 0.05) is 35.8 Å². The number of aryl methyl sites for hydroxylation is 1. The van der Waals surface area contributed by atoms with Crippen LogP contribution in [0.25, 0.3) is 17.0 Å². The number of methoxy groups -OCH3 is 1. The molecule has 1 N–H and O–H groups in total. The van der Waals surface area contributed by atoms with Crippen LogP contribution in [0, 0.1) is 17.0 Å². The molecule has 0 atom stereocenters. The highest BCUT2D eigenvalue weighted by atomic mass is 32.2. The number of nitro groups is 1. The van der Waals surface area contributed by atoms with Gasteiger partial charge in [0.1, 0.15) is 5.75 Å². The number of hydrogen-bond donors (Lipinski definition) is 1. The van der Waals surface area contributed by atoms with Gasteiger partial charge in [-0.25, -0.2) is 4.99 Å². The SMILES string of the molecule is COc1cc(C)c(/C=C2\SC(=Nc3ccc([N+](=O)[O-])cc3)N(CCc3c[nH]c4ccccc34)C2=O)cc1C(C)C. The molecule has 1 saturated heterocycles. The van der Waals surface area contributed by atoms with Gasteiger partial charge in [0.2, 0.25) is 0 Å². The van der Waals surface area contributed by atoms with Gasteiger partial charge in [-0.2, -0.15) is 0 Å². The fraction of sp³-hybridized carbons (Fsp3) is 0.226. The average Bonchev–Trinajstić information content (AvgIpc) is 3.48. The van der Waals surface area contributed by atoms with Crippen molar-refractivity contribution in [3.8, 4) is 5.75 Å². The Morgan fingerprint density at radius 3 is 2.60 bits per heavy atom. The maximum Gasteiger partial charge on any atom is 0.269 e. The molecule has 4 aromatic rings. The minimum absolute atomic E-state index is 0.00758. The number of fused-ring (bicyclic) bond motifs is 1. The van der Waals surface area contributed by atoms with Crippen molar-refractivity contribution in [2.75, 3.05) is 13.7 Å². The first-order chi connectivity index (χ1) is 19.2. The molecule has 2 heterocycles. The molecule has 0 spiro atoms. The van der Waals surface area contributed by atoms with Gasteiger partial charge in [-0.05, 0) is 89.7 Å². The molecule has 40 heavy (non-hydrogen) atoms. The van der Waals surface area contributed by atoms with Crippen LogP contribution in [0.2, 0.25) is 0 Å². The van der Waals surface area contributed by atoms with Crippen molar-refractivity contribution in [1.29, 1.82) is 0 Å². The zero-order valence-electron chi connectivity index (χ0n) is 22.8. The minimum atomic E-state index is -0.443. The Balaban J connectivity index is 1.50. The Morgan fingerprint density at radius 2 is 1.90 bits per heavy atom. The molecule has 0 saturated carbocycles. The summed E-state index contributed by atoms with van der Waals surface area (Å²) in [6, 6.07) is 18.2. The summed E-state index contributed by atoms with van der Waals surface area (Å²) in [5.74, 6) is 0.971. The van der Waals surface area contributed by atoms with Gasteiger partial charge in [0.05, 0.1) is 22.6 Å². The molecule has 1 fully saturated rings. The normalized spacial score (nSPS) is 15.6. The van der Waals surface area contributed by atoms with E-state index in [0.29, 0.717) is 28.7 Å². The number of ether oxygens (including phenoxy) is 1. The average molecular weight is 555 g/mol. The van der Waals surface area contributed by atoms with Gasteiger partial charge in [-0.3, -0.25) is 19.8 Å². The molecular weight excluding hydrogens is 524 g/mol. The van der Waals surface area contributed by atoms with Crippen LogP contribution in [0.1, 0.15) is 42.0 Å². The van der Waals surface area contributed by atoms with E-state index in [0.717, 1.165) is 38.9 Å². The number of H-pyrrole nitrogens is 1. The summed E-state index contributed by atoms with van der Waals surface area (Å²) < 4.78 is 5.59. The van der Waals surface area contributed by atoms with E-state index in [1.165, 1.54) is 23.9 Å². The smallest absolute Gasteiger partial charge is 0.269 e. The molecule has 1 aliphatic rings. The summed E-state index contributed by atoms with van der Waals surface area (Å²) in [5.41, 5.74) is 5.74. The molecule has 0 unspecified atom stereocenters. The Hall–Kier alpha value is -4.37. The van der Waals surface area contributed by atoms with E-state index < -0.39 is 4.92 Å². The maximum atomic E-state index is 13.8. The molecule has 0 radical (unpaired) electrons. The van der Waals surface area contributed by atoms with Crippen LogP contribution in [0.5, 0.6) is 5.75 Å². The lowest BCUT2D eigenvalue weighted by molar-refractivity contribution is -0.384. The predicted octanol–water partition coefficient (Wildman–Crippen LogP) is 7.36. The zero-order valence-corrected chi connectivity index (χ0v) is 23.6. The molecule has 204 valence electrons. The molecule has 9 heteroatoms. The number of amidine groups is 1. The van der Waals surface area contributed by atoms with Crippen molar-refractivity contribution in [3.63, 3.8) is 0 Å². The molecule has 1 aliphatic heterocycles. The van der Waals surface area contributed by atoms with Crippen LogP contribution < -0.4 is 4.74 Å². The summed E-state index contributed by atoms with van der Waals surface area (Å²) in [4.78, 5) is 34.7. The number of aromatic amines is 1. The van der Waals surface area contributed by atoms with Gasteiger partial charge in [-0.15, -0.1) is 0 Å². The quantitative estimate of drug-likeness (QED) is 0.139. The van der Waals surface area contributed by atoms with Crippen LogP contribution in [0.3, 0.4) is 0 Å². The largest absolute Gasteiger partial charge is 0.496 e. The van der Waals surface area contributed by atoms with Gasteiger partial charge in [0.15, 0.2) is 5.17 Å². The second-order valence-corrected chi connectivity index (χ2v) is 11.0. The van der Waals surface area contributed by atoms with Crippen molar-refractivity contribution >= 4 is 51.2 Å². The van der Waals surface area contributed by atoms with E-state index in [2.05, 4.69) is 31.0 Å². The van der Waals surface area contributed by atoms with Gasteiger partial charge < -0.3 is 9.72 Å². The molecule has 1 amide bonds. The van der Waals surface area contributed by atoms with E-state index in [4.69, 9.17) is 9.73 Å². The summed E-state index contributed by atoms with van der Waals surface area (Å²) in [5, 5.41) is 12.8. The predicted molar refractivity (Wildman–Crippen MR) is 161 cm³/mol. The summed E-state index contributed by atoms with van der Waals surface area (Å²) in [6.07, 6.45) is 4.54. The number of amides is 1. The van der Waals surface area contributed by atoms with E-state index in [1.54, 1.807) is 24.1 Å². The van der Waals surface area contributed by atoms with Gasteiger partial charge in [0.25, 0.3) is 11.6 Å². The highest BCUT2D eigenvalue weighted by Crippen LogP contribution is 2.37. The number of hydrogen-bond acceptors (Lipinski definition) is 6. The third kappa shape index (κ3) is 5.51. The standard InChI is InChI=1S/C31H30N4O4S/c1-19(2)26-16-22(20(3)15-28(26)39-4)17-29-30(36)34(14-13-21-18-32-27-8-6-5-7-25(21)27)31(40-29)33-23-9-11-24(12-10-23)35(37)38/h5-12,15-19,32H,13-14H2,1-4H3/b29-17-,33-31?. The maximum absolute atomic E-state index is 13.8. The fourth-order valence-electron chi connectivity index (χ4n) is 4.76. The van der Waals surface area contributed by atoms with Crippen molar-refractivity contribution in [2.24, 2.45) is 4.99 Å². The molecular formula is C31H30N4O4S. The number of nitro benzene ring substituents is 1.